The number of oxime groups is 1. The van der Waals surface area contributed by atoms with Crippen molar-refractivity contribution in [1.29, 1.82) is 5.26 Å². The lowest BCUT2D eigenvalue weighted by molar-refractivity contribution is -0.140. The second-order valence-electron chi connectivity index (χ2n) is 5.47. The number of aliphatic hydroxyl groups excluding tert-OH is 1. The summed E-state index contributed by atoms with van der Waals surface area (Å²) in [6.45, 7) is 0.822. The van der Waals surface area contributed by atoms with Crippen molar-refractivity contribution in [2.24, 2.45) is 5.16 Å². The van der Waals surface area contributed by atoms with Crippen molar-refractivity contribution in [2.75, 3.05) is 13.2 Å². The highest BCUT2D eigenvalue weighted by atomic mass is 32.2. The van der Waals surface area contributed by atoms with Crippen LogP contribution in [0.25, 0.3) is 0 Å². The molecule has 0 heterocycles. The van der Waals surface area contributed by atoms with Gasteiger partial charge in [-0.05, 0) is 48.5 Å². The van der Waals surface area contributed by atoms with Crippen LogP contribution in [0.2, 0.25) is 0 Å². The average Bonchev–Trinajstić information content (AvgIpc) is 2.73. The highest BCUT2D eigenvalue weighted by Gasteiger charge is 2.15. The molecule has 1 N–H and O–H groups in total. The highest BCUT2D eigenvalue weighted by Crippen LogP contribution is 2.28. The lowest BCUT2D eigenvalue weighted by Gasteiger charge is -2.05. The molecular formula is C20H16N2O6S. The molecule has 0 fully saturated rings. The van der Waals surface area contributed by atoms with Gasteiger partial charge < -0.3 is 14.7 Å². The molecule has 0 unspecified atom stereocenters. The number of esters is 1. The third-order valence-electron chi connectivity index (χ3n) is 3.35. The van der Waals surface area contributed by atoms with Crippen LogP contribution in [0, 0.1) is 11.3 Å². The van der Waals surface area contributed by atoms with Crippen LogP contribution in [-0.4, -0.2) is 41.8 Å². The van der Waals surface area contributed by atoms with Crippen LogP contribution in [-0.2, 0) is 14.4 Å². The van der Waals surface area contributed by atoms with Gasteiger partial charge in [0.05, 0.1) is 12.2 Å². The van der Waals surface area contributed by atoms with E-state index in [1.54, 1.807) is 42.5 Å². The number of hydrogen-bond donors (Lipinski definition) is 1. The molecule has 0 atom stereocenters. The van der Waals surface area contributed by atoms with Crippen molar-refractivity contribution in [2.45, 2.75) is 16.7 Å². The smallest absolute Gasteiger partial charge is 0.338 e. The summed E-state index contributed by atoms with van der Waals surface area (Å²) >= 11 is 1.41. The monoisotopic (exact) mass is 412 g/mol. The summed E-state index contributed by atoms with van der Waals surface area (Å²) in [5, 5.41) is 20.9. The Labute approximate surface area is 170 Å². The molecule has 9 heteroatoms. The Morgan fingerprint density at radius 1 is 1.03 bits per heavy atom. The van der Waals surface area contributed by atoms with Gasteiger partial charge in [-0.2, -0.15) is 5.26 Å². The molecule has 0 spiro atoms. The summed E-state index contributed by atoms with van der Waals surface area (Å²) in [5.41, 5.74) is 0.0768. The second-order valence-corrected chi connectivity index (χ2v) is 6.62. The maximum absolute atomic E-state index is 12.2. The van der Waals surface area contributed by atoms with E-state index in [0.29, 0.717) is 5.56 Å². The predicted octanol–water partition coefficient (Wildman–Crippen LogP) is 2.61. The zero-order valence-corrected chi connectivity index (χ0v) is 16.1. The van der Waals surface area contributed by atoms with E-state index >= 15 is 0 Å². The topological polar surface area (TPSA) is 126 Å². The van der Waals surface area contributed by atoms with E-state index in [9.17, 15) is 14.4 Å². The Morgan fingerprint density at radius 2 is 1.59 bits per heavy atom. The number of ketones is 1. The molecule has 2 rings (SSSR count). The van der Waals surface area contributed by atoms with Gasteiger partial charge in [0.15, 0.2) is 0 Å². The minimum Gasteiger partial charge on any atom is -0.460 e. The van der Waals surface area contributed by atoms with Crippen LogP contribution in [0.15, 0.2) is 63.5 Å². The predicted molar refractivity (Wildman–Crippen MR) is 104 cm³/mol. The zero-order valence-electron chi connectivity index (χ0n) is 15.3. The number of nitrogens with zero attached hydrogens (tertiary/aromatic N) is 2. The van der Waals surface area contributed by atoms with E-state index in [2.05, 4.69) is 9.99 Å². The summed E-state index contributed by atoms with van der Waals surface area (Å²) in [6.07, 6.45) is 0. The number of nitriles is 1. The van der Waals surface area contributed by atoms with Gasteiger partial charge in [-0.25, -0.2) is 9.59 Å². The minimum absolute atomic E-state index is 0.0560. The quantitative estimate of drug-likeness (QED) is 0.230. The number of carbonyl (C=O) groups is 3. The van der Waals surface area contributed by atoms with Crippen molar-refractivity contribution < 1.29 is 29.1 Å². The normalized spacial score (nSPS) is 10.7. The zero-order chi connectivity index (χ0) is 21.2. The van der Waals surface area contributed by atoms with Gasteiger partial charge in [0.2, 0.25) is 11.5 Å². The second kappa shape index (κ2) is 10.8. The van der Waals surface area contributed by atoms with Crippen molar-refractivity contribution in [3.05, 3.63) is 59.7 Å². The molecule has 29 heavy (non-hydrogen) atoms. The Kier molecular flexibility index (Phi) is 8.09. The average molecular weight is 412 g/mol. The molecule has 0 aliphatic heterocycles. The van der Waals surface area contributed by atoms with Gasteiger partial charge in [-0.3, -0.25) is 4.79 Å². The van der Waals surface area contributed by atoms with E-state index in [1.165, 1.54) is 23.9 Å². The fraction of sp³-hybridized carbons (Fsp3) is 0.150. The molecule has 0 saturated heterocycles. The third kappa shape index (κ3) is 6.57. The van der Waals surface area contributed by atoms with Gasteiger partial charge in [0, 0.05) is 22.3 Å². The summed E-state index contributed by atoms with van der Waals surface area (Å²) in [6, 6.07) is 14.8. The number of hydrogen-bond acceptors (Lipinski definition) is 9. The fourth-order valence-electron chi connectivity index (χ4n) is 2.05. The molecular weight excluding hydrogens is 396 g/mol. The number of benzene rings is 2. The van der Waals surface area contributed by atoms with Gasteiger partial charge in [-0.15, -0.1) is 0 Å². The van der Waals surface area contributed by atoms with Crippen LogP contribution < -0.4 is 0 Å². The maximum atomic E-state index is 12.2. The molecule has 0 aromatic heterocycles. The summed E-state index contributed by atoms with van der Waals surface area (Å²) in [5.74, 6) is -1.90. The third-order valence-corrected chi connectivity index (χ3v) is 4.37. The van der Waals surface area contributed by atoms with Gasteiger partial charge in [-0.1, -0.05) is 16.9 Å². The van der Waals surface area contributed by atoms with Gasteiger partial charge >= 0.3 is 11.9 Å². The van der Waals surface area contributed by atoms with E-state index < -0.39 is 23.4 Å². The van der Waals surface area contributed by atoms with Crippen molar-refractivity contribution in [1.82, 2.24) is 0 Å². The number of ether oxygens (including phenoxy) is 1. The van der Waals surface area contributed by atoms with Crippen molar-refractivity contribution in [3.63, 3.8) is 0 Å². The van der Waals surface area contributed by atoms with E-state index in [1.807, 2.05) is 0 Å². The van der Waals surface area contributed by atoms with Crippen LogP contribution >= 0.6 is 11.8 Å². The summed E-state index contributed by atoms with van der Waals surface area (Å²) < 4.78 is 4.84. The molecule has 2 aromatic carbocycles. The Morgan fingerprint density at radius 3 is 2.07 bits per heavy atom. The largest absolute Gasteiger partial charge is 0.460 e. The molecule has 0 radical (unpaired) electrons. The number of rotatable bonds is 8. The van der Waals surface area contributed by atoms with Gasteiger partial charge in [0.1, 0.15) is 12.7 Å². The van der Waals surface area contributed by atoms with Crippen LogP contribution in [0.1, 0.15) is 27.6 Å². The van der Waals surface area contributed by atoms with E-state index in [-0.39, 0.29) is 18.8 Å². The lowest BCUT2D eigenvalue weighted by atomic mass is 10.1. The van der Waals surface area contributed by atoms with E-state index in [4.69, 9.17) is 15.1 Å². The first kappa shape index (κ1) is 21.8. The number of carbonyl (C=O) groups excluding carboxylic acids is 3. The fourth-order valence-corrected chi connectivity index (χ4v) is 2.87. The van der Waals surface area contributed by atoms with Crippen LogP contribution in [0.4, 0.5) is 0 Å². The van der Waals surface area contributed by atoms with Crippen molar-refractivity contribution in [3.8, 4) is 6.07 Å². The minimum atomic E-state index is -0.732. The lowest BCUT2D eigenvalue weighted by Crippen LogP contribution is -2.13. The first-order valence-corrected chi connectivity index (χ1v) is 9.12. The first-order valence-electron chi connectivity index (χ1n) is 8.31. The van der Waals surface area contributed by atoms with Gasteiger partial charge in [0.25, 0.3) is 0 Å². The molecule has 8 nitrogen and oxygen atoms in total. The molecule has 0 saturated carbocycles. The Bertz CT molecular complexity index is 962. The molecule has 0 amide bonds. The van der Waals surface area contributed by atoms with E-state index in [0.717, 1.165) is 16.7 Å². The number of aliphatic hydroxyl groups is 1. The van der Waals surface area contributed by atoms with Crippen molar-refractivity contribution >= 4 is 35.2 Å². The molecule has 0 aliphatic carbocycles. The molecule has 0 aliphatic rings. The van der Waals surface area contributed by atoms with Crippen LogP contribution in [0.3, 0.4) is 0 Å². The maximum Gasteiger partial charge on any atom is 0.338 e. The summed E-state index contributed by atoms with van der Waals surface area (Å²) in [4.78, 5) is 40.7. The standard InChI is InChI=1S/C20H16N2O6S/c1-13(24)28-22-18(12-21)19(25)14-2-6-16(7-3-14)29-17-8-4-15(5-9-17)20(26)27-11-10-23/h2-9,23H,10-11H2,1H3/b22-18+. The molecule has 148 valence electrons. The van der Waals surface area contributed by atoms with Crippen LogP contribution in [0.5, 0.6) is 0 Å². The molecule has 0 bridgehead atoms. The Balaban J connectivity index is 2.04. The highest BCUT2D eigenvalue weighted by molar-refractivity contribution is 7.99. The first-order chi connectivity index (χ1) is 13.9. The molecule has 2 aromatic rings. The Hall–Kier alpha value is -3.48. The SMILES string of the molecule is CC(=O)O/N=C(\C#N)C(=O)c1ccc(Sc2ccc(C(=O)OCCO)cc2)cc1. The summed E-state index contributed by atoms with van der Waals surface area (Å²) in [7, 11) is 0. The number of Topliss-reactive ketones (excluding diaryl/α,β-unsaturated/α-hetero) is 1.